The molecule has 228 valence electrons. The van der Waals surface area contributed by atoms with Crippen LogP contribution in [0.5, 0.6) is 0 Å². The molecule has 5 rings (SSSR count). The van der Waals surface area contributed by atoms with Crippen LogP contribution in [0, 0.1) is 24.0 Å². The molecular formula is C34H35N3O6S. The van der Waals surface area contributed by atoms with E-state index in [9.17, 15) is 19.7 Å². The van der Waals surface area contributed by atoms with Gasteiger partial charge >= 0.3 is 5.97 Å². The van der Waals surface area contributed by atoms with Gasteiger partial charge in [-0.05, 0) is 68.0 Å². The van der Waals surface area contributed by atoms with Crippen LogP contribution in [-0.4, -0.2) is 22.1 Å². The fourth-order valence-corrected chi connectivity index (χ4v) is 6.39. The van der Waals surface area contributed by atoms with Crippen LogP contribution in [0.2, 0.25) is 0 Å². The molecule has 0 radical (unpaired) electrons. The third kappa shape index (κ3) is 5.81. The first-order valence-corrected chi connectivity index (χ1v) is 15.5. The van der Waals surface area contributed by atoms with E-state index in [4.69, 9.17) is 14.1 Å². The number of allylic oxidation sites excluding steroid dienone is 1. The third-order valence-corrected chi connectivity index (χ3v) is 8.82. The van der Waals surface area contributed by atoms with Crippen molar-refractivity contribution in [2.24, 2.45) is 4.99 Å². The molecule has 1 aliphatic rings. The number of hydrogen-bond acceptors (Lipinski definition) is 8. The predicted octanol–water partition coefficient (Wildman–Crippen LogP) is 6.49. The van der Waals surface area contributed by atoms with E-state index in [0.717, 1.165) is 23.1 Å². The molecule has 3 heterocycles. The SMILES string of the molecule is CCCC1=C(C(=O)OCC)[C@@H](c2ccc(C(C)C)cc2)n2c(s/c(=C\c3ccc(-c4cc(C)c(C)c([N+](=O)[O-])c4)o3)c2=O)=N1. The van der Waals surface area contributed by atoms with E-state index < -0.39 is 16.9 Å². The summed E-state index contributed by atoms with van der Waals surface area (Å²) in [6, 6.07) is 14.1. The second-order valence-electron chi connectivity index (χ2n) is 11.1. The zero-order valence-corrected chi connectivity index (χ0v) is 26.5. The molecule has 2 aromatic heterocycles. The lowest BCUT2D eigenvalue weighted by atomic mass is 9.92. The maximum atomic E-state index is 14.0. The van der Waals surface area contributed by atoms with Crippen molar-refractivity contribution < 1.29 is 18.9 Å². The van der Waals surface area contributed by atoms with Crippen molar-refractivity contribution in [2.75, 3.05) is 6.61 Å². The second kappa shape index (κ2) is 12.6. The maximum Gasteiger partial charge on any atom is 0.338 e. The highest BCUT2D eigenvalue weighted by atomic mass is 32.1. The quantitative estimate of drug-likeness (QED) is 0.121. The zero-order valence-electron chi connectivity index (χ0n) is 25.7. The molecule has 4 aromatic rings. The molecule has 1 atom stereocenters. The van der Waals surface area contributed by atoms with Crippen molar-refractivity contribution in [2.45, 2.75) is 66.3 Å². The highest BCUT2D eigenvalue weighted by Crippen LogP contribution is 2.34. The molecule has 0 spiro atoms. The van der Waals surface area contributed by atoms with Gasteiger partial charge < -0.3 is 9.15 Å². The molecule has 1 aliphatic heterocycles. The fraction of sp³-hybridized carbons (Fsp3) is 0.324. The monoisotopic (exact) mass is 613 g/mol. The average Bonchev–Trinajstić information content (AvgIpc) is 3.58. The number of hydrogen-bond donors (Lipinski definition) is 0. The van der Waals surface area contributed by atoms with Crippen molar-refractivity contribution >= 4 is 29.1 Å². The summed E-state index contributed by atoms with van der Waals surface area (Å²) < 4.78 is 13.5. The highest BCUT2D eigenvalue weighted by molar-refractivity contribution is 7.07. The minimum atomic E-state index is -0.696. The van der Waals surface area contributed by atoms with Crippen LogP contribution in [0.4, 0.5) is 5.69 Å². The number of fused-ring (bicyclic) bond motifs is 1. The molecule has 0 unspecified atom stereocenters. The Morgan fingerprint density at radius 1 is 1.16 bits per heavy atom. The predicted molar refractivity (Wildman–Crippen MR) is 170 cm³/mol. The van der Waals surface area contributed by atoms with E-state index in [1.807, 2.05) is 44.2 Å². The smallest absolute Gasteiger partial charge is 0.338 e. The molecular weight excluding hydrogens is 578 g/mol. The van der Waals surface area contributed by atoms with Crippen LogP contribution in [0.15, 0.2) is 74.0 Å². The number of esters is 1. The van der Waals surface area contributed by atoms with Crippen LogP contribution < -0.4 is 14.9 Å². The summed E-state index contributed by atoms with van der Waals surface area (Å²) in [5.41, 5.74) is 4.62. The largest absolute Gasteiger partial charge is 0.463 e. The topological polar surface area (TPSA) is 117 Å². The summed E-state index contributed by atoms with van der Waals surface area (Å²) in [4.78, 5) is 43.9. The molecule has 0 amide bonds. The number of carbonyl (C=O) groups is 1. The molecule has 0 fully saturated rings. The lowest BCUT2D eigenvalue weighted by Crippen LogP contribution is -2.40. The van der Waals surface area contributed by atoms with E-state index in [0.29, 0.717) is 55.6 Å². The zero-order chi connectivity index (χ0) is 31.7. The summed E-state index contributed by atoms with van der Waals surface area (Å²) in [6.45, 7) is 11.7. The first-order valence-electron chi connectivity index (χ1n) is 14.7. The number of nitro benzene ring substituents is 1. The minimum absolute atomic E-state index is 0.0213. The number of aryl methyl sites for hydroxylation is 1. The Labute approximate surface area is 259 Å². The van der Waals surface area contributed by atoms with Crippen molar-refractivity contribution in [1.29, 1.82) is 0 Å². The number of thiazole rings is 1. The van der Waals surface area contributed by atoms with E-state index in [1.54, 1.807) is 36.6 Å². The van der Waals surface area contributed by atoms with E-state index in [2.05, 4.69) is 13.8 Å². The van der Waals surface area contributed by atoms with Gasteiger partial charge in [-0.2, -0.15) is 0 Å². The van der Waals surface area contributed by atoms with Gasteiger partial charge in [0.05, 0.1) is 33.4 Å². The van der Waals surface area contributed by atoms with E-state index in [1.165, 1.54) is 17.4 Å². The Bertz CT molecular complexity index is 1960. The number of furan rings is 1. The summed E-state index contributed by atoms with van der Waals surface area (Å²) in [6.07, 6.45) is 2.97. The van der Waals surface area contributed by atoms with E-state index >= 15 is 0 Å². The summed E-state index contributed by atoms with van der Waals surface area (Å²) in [5.74, 6) is 0.718. The average molecular weight is 614 g/mol. The molecule has 2 aromatic carbocycles. The van der Waals surface area contributed by atoms with Crippen molar-refractivity contribution in [3.63, 3.8) is 0 Å². The fourth-order valence-electron chi connectivity index (χ4n) is 5.39. The maximum absolute atomic E-state index is 14.0. The van der Waals surface area contributed by atoms with Gasteiger partial charge in [-0.1, -0.05) is 62.8 Å². The number of aromatic nitrogens is 1. The molecule has 9 nitrogen and oxygen atoms in total. The molecule has 0 saturated heterocycles. The van der Waals surface area contributed by atoms with Crippen LogP contribution in [0.1, 0.15) is 80.5 Å². The Morgan fingerprint density at radius 2 is 1.89 bits per heavy atom. The number of rotatable bonds is 9. The van der Waals surface area contributed by atoms with Crippen molar-refractivity contribution in [3.05, 3.63) is 118 Å². The summed E-state index contributed by atoms with van der Waals surface area (Å²) in [5, 5.41) is 11.6. The van der Waals surface area contributed by atoms with Gasteiger partial charge in [0.25, 0.3) is 11.2 Å². The third-order valence-electron chi connectivity index (χ3n) is 7.83. The second-order valence-corrected chi connectivity index (χ2v) is 12.1. The van der Waals surface area contributed by atoms with Gasteiger partial charge in [-0.25, -0.2) is 9.79 Å². The van der Waals surface area contributed by atoms with Crippen molar-refractivity contribution in [1.82, 2.24) is 4.57 Å². The molecule has 0 saturated carbocycles. The number of benzene rings is 2. The Hall–Kier alpha value is -4.57. The summed E-state index contributed by atoms with van der Waals surface area (Å²) in [7, 11) is 0. The lowest BCUT2D eigenvalue weighted by Gasteiger charge is -2.26. The molecule has 10 heteroatoms. The first kappa shape index (κ1) is 30.9. The highest BCUT2D eigenvalue weighted by Gasteiger charge is 2.34. The number of nitrogens with zero attached hydrogens (tertiary/aromatic N) is 3. The number of carbonyl (C=O) groups excluding carboxylic acids is 1. The summed E-state index contributed by atoms with van der Waals surface area (Å²) >= 11 is 1.23. The molecule has 0 N–H and O–H groups in total. The normalized spacial score (nSPS) is 15.0. The van der Waals surface area contributed by atoms with Gasteiger partial charge in [-0.15, -0.1) is 0 Å². The van der Waals surface area contributed by atoms with Gasteiger partial charge in [0, 0.05) is 23.3 Å². The van der Waals surface area contributed by atoms with Gasteiger partial charge in [-0.3, -0.25) is 19.5 Å². The van der Waals surface area contributed by atoms with Crippen LogP contribution in [0.25, 0.3) is 17.4 Å². The van der Waals surface area contributed by atoms with Crippen molar-refractivity contribution in [3.8, 4) is 11.3 Å². The van der Waals surface area contributed by atoms with Gasteiger partial charge in [0.15, 0.2) is 4.80 Å². The Morgan fingerprint density at radius 3 is 2.52 bits per heavy atom. The standard InChI is InChI=1S/C34H35N3O6S/c1-7-9-26-30(33(39)42-8-2)31(23-12-10-22(11-13-23)19(3)4)36-32(38)29(44-34(36)35-26)18-25-14-15-28(43-25)24-16-20(5)21(6)27(17-24)37(40)41/h10-19,31H,7-9H2,1-6H3/b29-18-/t31-/m1/s1. The molecule has 0 aliphatic carbocycles. The Kier molecular flexibility index (Phi) is 8.82. The van der Waals surface area contributed by atoms with E-state index in [-0.39, 0.29) is 17.9 Å². The molecule has 0 bridgehead atoms. The number of nitro groups is 1. The van der Waals surface area contributed by atoms with Gasteiger partial charge in [0.2, 0.25) is 0 Å². The Balaban J connectivity index is 1.65. The van der Waals surface area contributed by atoms with Crippen LogP contribution in [0.3, 0.4) is 0 Å². The van der Waals surface area contributed by atoms with Crippen LogP contribution in [-0.2, 0) is 9.53 Å². The first-order chi connectivity index (χ1) is 21.0. The minimum Gasteiger partial charge on any atom is -0.463 e. The molecule has 44 heavy (non-hydrogen) atoms. The van der Waals surface area contributed by atoms with Crippen LogP contribution >= 0.6 is 11.3 Å². The number of ether oxygens (including phenoxy) is 1. The lowest BCUT2D eigenvalue weighted by molar-refractivity contribution is -0.385. The van der Waals surface area contributed by atoms with Gasteiger partial charge in [0.1, 0.15) is 11.5 Å².